The number of hydrogen-bond donors (Lipinski definition) is 2. The highest BCUT2D eigenvalue weighted by atomic mass is 16.4. The molecule has 6 nitrogen and oxygen atoms in total. The first kappa shape index (κ1) is 17.2. The molecule has 1 aromatic heterocycles. The van der Waals surface area contributed by atoms with Gasteiger partial charge in [-0.3, -0.25) is 14.3 Å². The Bertz CT molecular complexity index is 763. The van der Waals surface area contributed by atoms with Crippen molar-refractivity contribution in [3.8, 4) is 0 Å². The standard InChI is InChI=1S/C19H23N3O3/c1-13-6-2-5-9-15(13)16(12-18(23)24)21-19(25)17-10-11-20-22(17)14-7-3-4-8-14/h2,5-6,9-11,14,16H,3-4,7-8,12H2,1H3,(H,21,25)(H,23,24). The topological polar surface area (TPSA) is 84.2 Å². The highest BCUT2D eigenvalue weighted by molar-refractivity contribution is 5.93. The van der Waals surface area contributed by atoms with E-state index < -0.39 is 12.0 Å². The maximum atomic E-state index is 12.8. The number of benzene rings is 1. The lowest BCUT2D eigenvalue weighted by Gasteiger charge is -2.20. The van der Waals surface area contributed by atoms with Crippen LogP contribution in [0.5, 0.6) is 0 Å². The number of hydrogen-bond acceptors (Lipinski definition) is 3. The van der Waals surface area contributed by atoms with Crippen molar-refractivity contribution in [2.75, 3.05) is 0 Å². The molecule has 2 aromatic rings. The first-order chi connectivity index (χ1) is 12.1. The molecule has 6 heteroatoms. The Labute approximate surface area is 146 Å². The Morgan fingerprint density at radius 1 is 1.28 bits per heavy atom. The minimum atomic E-state index is -0.946. The summed E-state index contributed by atoms with van der Waals surface area (Å²) in [7, 11) is 0. The smallest absolute Gasteiger partial charge is 0.305 e. The summed E-state index contributed by atoms with van der Waals surface area (Å²) in [5.74, 6) is -1.23. The van der Waals surface area contributed by atoms with Gasteiger partial charge in [0.2, 0.25) is 0 Å². The molecule has 0 bridgehead atoms. The summed E-state index contributed by atoms with van der Waals surface area (Å²) in [5.41, 5.74) is 2.28. The quantitative estimate of drug-likeness (QED) is 0.845. The summed E-state index contributed by atoms with van der Waals surface area (Å²) in [6.45, 7) is 1.92. The Morgan fingerprint density at radius 3 is 2.68 bits per heavy atom. The van der Waals surface area contributed by atoms with Gasteiger partial charge in [-0.05, 0) is 37.0 Å². The van der Waals surface area contributed by atoms with Gasteiger partial charge in [0.15, 0.2) is 0 Å². The fraction of sp³-hybridized carbons (Fsp3) is 0.421. The molecule has 1 aliphatic carbocycles. The van der Waals surface area contributed by atoms with E-state index in [4.69, 9.17) is 0 Å². The summed E-state index contributed by atoms with van der Waals surface area (Å²) >= 11 is 0. The zero-order valence-corrected chi connectivity index (χ0v) is 14.3. The molecular weight excluding hydrogens is 318 g/mol. The molecule has 1 aromatic carbocycles. The number of carbonyl (C=O) groups excluding carboxylic acids is 1. The molecule has 1 unspecified atom stereocenters. The molecule has 3 rings (SSSR count). The van der Waals surface area contributed by atoms with Crippen LogP contribution in [0.2, 0.25) is 0 Å². The third-order valence-electron chi connectivity index (χ3n) is 4.82. The summed E-state index contributed by atoms with van der Waals surface area (Å²) in [5, 5.41) is 16.4. The van der Waals surface area contributed by atoms with E-state index in [-0.39, 0.29) is 18.4 Å². The van der Waals surface area contributed by atoms with Crippen LogP contribution in [0, 0.1) is 6.92 Å². The molecule has 25 heavy (non-hydrogen) atoms. The van der Waals surface area contributed by atoms with Crippen LogP contribution in [0.3, 0.4) is 0 Å². The minimum Gasteiger partial charge on any atom is -0.481 e. The fourth-order valence-electron chi connectivity index (χ4n) is 3.56. The van der Waals surface area contributed by atoms with E-state index in [1.54, 1.807) is 16.9 Å². The number of amides is 1. The van der Waals surface area contributed by atoms with Gasteiger partial charge in [0.25, 0.3) is 5.91 Å². The Morgan fingerprint density at radius 2 is 2.00 bits per heavy atom. The van der Waals surface area contributed by atoms with Crippen molar-refractivity contribution in [2.24, 2.45) is 0 Å². The number of aromatic nitrogens is 2. The molecule has 0 aliphatic heterocycles. The van der Waals surface area contributed by atoms with Crippen LogP contribution in [0.15, 0.2) is 36.5 Å². The van der Waals surface area contributed by atoms with Crippen molar-refractivity contribution >= 4 is 11.9 Å². The van der Waals surface area contributed by atoms with Gasteiger partial charge < -0.3 is 10.4 Å². The van der Waals surface area contributed by atoms with Gasteiger partial charge >= 0.3 is 5.97 Å². The number of nitrogens with one attached hydrogen (secondary N) is 1. The Kier molecular flexibility index (Phi) is 5.16. The minimum absolute atomic E-state index is 0.159. The third-order valence-corrected chi connectivity index (χ3v) is 4.82. The molecule has 0 saturated heterocycles. The van der Waals surface area contributed by atoms with Crippen molar-refractivity contribution in [1.29, 1.82) is 0 Å². The van der Waals surface area contributed by atoms with Crippen LogP contribution in [0.25, 0.3) is 0 Å². The average molecular weight is 341 g/mol. The second-order valence-electron chi connectivity index (χ2n) is 6.58. The van der Waals surface area contributed by atoms with E-state index in [0.29, 0.717) is 5.69 Å². The van der Waals surface area contributed by atoms with Gasteiger partial charge in [-0.2, -0.15) is 5.10 Å². The Hall–Kier alpha value is -2.63. The number of carboxylic acids is 1. The van der Waals surface area contributed by atoms with E-state index >= 15 is 0 Å². The molecule has 1 atom stereocenters. The highest BCUT2D eigenvalue weighted by Crippen LogP contribution is 2.30. The summed E-state index contributed by atoms with van der Waals surface area (Å²) < 4.78 is 1.79. The summed E-state index contributed by atoms with van der Waals surface area (Å²) in [6, 6.07) is 8.91. The maximum absolute atomic E-state index is 12.8. The lowest BCUT2D eigenvalue weighted by atomic mass is 9.98. The molecular formula is C19H23N3O3. The predicted octanol–water partition coefficient (Wildman–Crippen LogP) is 3.25. The fourth-order valence-corrected chi connectivity index (χ4v) is 3.56. The number of carbonyl (C=O) groups is 2. The van der Waals surface area contributed by atoms with Crippen molar-refractivity contribution in [3.63, 3.8) is 0 Å². The van der Waals surface area contributed by atoms with Crippen molar-refractivity contribution in [3.05, 3.63) is 53.3 Å². The van der Waals surface area contributed by atoms with Gasteiger partial charge in [-0.25, -0.2) is 0 Å². The molecule has 1 aliphatic rings. The van der Waals surface area contributed by atoms with Gasteiger partial charge in [0.05, 0.1) is 18.5 Å². The second kappa shape index (κ2) is 7.51. The lowest BCUT2D eigenvalue weighted by Crippen LogP contribution is -2.32. The van der Waals surface area contributed by atoms with E-state index in [1.807, 2.05) is 31.2 Å². The van der Waals surface area contributed by atoms with Crippen LogP contribution in [-0.2, 0) is 4.79 Å². The van der Waals surface area contributed by atoms with Gasteiger partial charge in [-0.15, -0.1) is 0 Å². The van der Waals surface area contributed by atoms with Crippen LogP contribution in [-0.4, -0.2) is 26.8 Å². The number of rotatable bonds is 6. The molecule has 0 spiro atoms. The van der Waals surface area contributed by atoms with E-state index in [0.717, 1.165) is 36.8 Å². The Balaban J connectivity index is 1.82. The number of nitrogens with zero attached hydrogens (tertiary/aromatic N) is 2. The van der Waals surface area contributed by atoms with Crippen molar-refractivity contribution in [2.45, 2.75) is 51.1 Å². The van der Waals surface area contributed by atoms with Gasteiger partial charge in [-0.1, -0.05) is 37.1 Å². The van der Waals surface area contributed by atoms with Crippen LogP contribution < -0.4 is 5.32 Å². The molecule has 0 radical (unpaired) electrons. The monoisotopic (exact) mass is 341 g/mol. The molecule has 132 valence electrons. The van der Waals surface area contributed by atoms with Crippen LogP contribution in [0.4, 0.5) is 0 Å². The van der Waals surface area contributed by atoms with Gasteiger partial charge in [0, 0.05) is 6.20 Å². The number of aliphatic carboxylic acids is 1. The average Bonchev–Trinajstić information content (AvgIpc) is 3.25. The third kappa shape index (κ3) is 3.90. The first-order valence-electron chi connectivity index (χ1n) is 8.68. The van der Waals surface area contributed by atoms with E-state index in [9.17, 15) is 14.7 Å². The zero-order valence-electron chi connectivity index (χ0n) is 14.3. The zero-order chi connectivity index (χ0) is 17.8. The first-order valence-corrected chi connectivity index (χ1v) is 8.68. The van der Waals surface area contributed by atoms with Gasteiger partial charge in [0.1, 0.15) is 5.69 Å². The van der Waals surface area contributed by atoms with Crippen LogP contribution in [0.1, 0.15) is 65.8 Å². The van der Waals surface area contributed by atoms with E-state index in [1.165, 1.54) is 0 Å². The number of carboxylic acid groups (broad SMARTS) is 1. The number of aryl methyl sites for hydroxylation is 1. The van der Waals surface area contributed by atoms with E-state index in [2.05, 4.69) is 10.4 Å². The van der Waals surface area contributed by atoms with Crippen molar-refractivity contribution < 1.29 is 14.7 Å². The maximum Gasteiger partial charge on any atom is 0.305 e. The molecule has 1 heterocycles. The molecule has 1 amide bonds. The molecule has 1 saturated carbocycles. The summed E-state index contributed by atoms with van der Waals surface area (Å²) in [4.78, 5) is 24.1. The summed E-state index contributed by atoms with van der Waals surface area (Å²) in [6.07, 6.45) is 5.82. The molecule has 1 fully saturated rings. The molecule has 2 N–H and O–H groups in total. The lowest BCUT2D eigenvalue weighted by molar-refractivity contribution is -0.137. The largest absolute Gasteiger partial charge is 0.481 e. The normalized spacial score (nSPS) is 15.9. The predicted molar refractivity (Wildman–Crippen MR) is 93.4 cm³/mol. The highest BCUT2D eigenvalue weighted by Gasteiger charge is 2.25. The van der Waals surface area contributed by atoms with Crippen LogP contribution >= 0.6 is 0 Å². The van der Waals surface area contributed by atoms with Crippen molar-refractivity contribution in [1.82, 2.24) is 15.1 Å². The SMILES string of the molecule is Cc1ccccc1C(CC(=O)O)NC(=O)c1ccnn1C1CCCC1. The second-order valence-corrected chi connectivity index (χ2v) is 6.58.